The molecule has 1 heterocycles. The lowest BCUT2D eigenvalue weighted by Gasteiger charge is -2.10. The van der Waals surface area contributed by atoms with E-state index in [0.29, 0.717) is 6.04 Å². The largest absolute Gasteiger partial charge is 0.398 e. The number of aromatic nitrogens is 1. The van der Waals surface area contributed by atoms with Crippen LogP contribution in [-0.4, -0.2) is 11.0 Å². The molecule has 0 spiro atoms. The van der Waals surface area contributed by atoms with Gasteiger partial charge in [-0.2, -0.15) is 0 Å². The fraction of sp³-hybridized carbons (Fsp3) is 0.357. The summed E-state index contributed by atoms with van der Waals surface area (Å²) >= 11 is 0. The molecule has 3 nitrogen and oxygen atoms in total. The Hall–Kier alpha value is -1.77. The fourth-order valence-electron chi connectivity index (χ4n) is 2.41. The lowest BCUT2D eigenvalue weighted by Crippen LogP contribution is -2.05. The molecular weight excluding hydrogens is 210 g/mol. The molecule has 1 saturated carbocycles. The summed E-state index contributed by atoms with van der Waals surface area (Å²) < 4.78 is 0. The Bertz CT molecular complexity index is 550. The standard InChI is InChI=1S/C14H17N3/c1-2-9-7-14(9)17-13-4-3-12(15)10-5-6-16-8-11(10)13/h3-6,8-9,14,17H,2,7,15H2,1H3. The van der Waals surface area contributed by atoms with Gasteiger partial charge in [0.15, 0.2) is 0 Å². The Morgan fingerprint density at radius 2 is 2.24 bits per heavy atom. The zero-order valence-electron chi connectivity index (χ0n) is 9.98. The van der Waals surface area contributed by atoms with Gasteiger partial charge in [0.25, 0.3) is 0 Å². The highest BCUT2D eigenvalue weighted by molar-refractivity contribution is 6.00. The van der Waals surface area contributed by atoms with Crippen LogP contribution in [0.15, 0.2) is 30.6 Å². The van der Waals surface area contributed by atoms with Gasteiger partial charge in [0.1, 0.15) is 0 Å². The van der Waals surface area contributed by atoms with Crippen LogP contribution in [0.1, 0.15) is 19.8 Å². The van der Waals surface area contributed by atoms with Crippen LogP contribution in [0.4, 0.5) is 11.4 Å². The minimum Gasteiger partial charge on any atom is -0.398 e. The van der Waals surface area contributed by atoms with Gasteiger partial charge in [-0.1, -0.05) is 13.3 Å². The molecule has 1 aliphatic rings. The first-order valence-electron chi connectivity index (χ1n) is 6.18. The first-order valence-corrected chi connectivity index (χ1v) is 6.18. The van der Waals surface area contributed by atoms with Gasteiger partial charge in [-0.25, -0.2) is 0 Å². The highest BCUT2D eigenvalue weighted by atomic mass is 15.0. The maximum atomic E-state index is 5.97. The van der Waals surface area contributed by atoms with Gasteiger partial charge in [0.05, 0.1) is 0 Å². The third-order valence-electron chi connectivity index (χ3n) is 3.64. The topological polar surface area (TPSA) is 50.9 Å². The molecule has 1 aromatic carbocycles. The number of benzene rings is 1. The van der Waals surface area contributed by atoms with Gasteiger partial charge in [-0.3, -0.25) is 4.98 Å². The second-order valence-corrected chi connectivity index (χ2v) is 4.78. The van der Waals surface area contributed by atoms with Gasteiger partial charge in [-0.05, 0) is 30.5 Å². The van der Waals surface area contributed by atoms with Crippen molar-refractivity contribution in [1.29, 1.82) is 0 Å². The summed E-state index contributed by atoms with van der Waals surface area (Å²) in [5, 5.41) is 5.79. The van der Waals surface area contributed by atoms with E-state index in [-0.39, 0.29) is 0 Å². The van der Waals surface area contributed by atoms with Crippen LogP contribution in [0, 0.1) is 5.92 Å². The number of nitrogens with two attached hydrogens (primary N) is 1. The predicted octanol–water partition coefficient (Wildman–Crippen LogP) is 3.03. The van der Waals surface area contributed by atoms with Crippen molar-refractivity contribution in [1.82, 2.24) is 4.98 Å². The Morgan fingerprint density at radius 1 is 1.35 bits per heavy atom. The molecule has 17 heavy (non-hydrogen) atoms. The number of pyridine rings is 1. The summed E-state index contributed by atoms with van der Waals surface area (Å²) in [5.41, 5.74) is 7.94. The Balaban J connectivity index is 1.97. The molecule has 3 heteroatoms. The lowest BCUT2D eigenvalue weighted by atomic mass is 10.1. The van der Waals surface area contributed by atoms with Crippen LogP contribution in [0.2, 0.25) is 0 Å². The van der Waals surface area contributed by atoms with Crippen LogP contribution in [0.5, 0.6) is 0 Å². The van der Waals surface area contributed by atoms with E-state index in [2.05, 4.69) is 23.3 Å². The number of fused-ring (bicyclic) bond motifs is 1. The van der Waals surface area contributed by atoms with E-state index >= 15 is 0 Å². The number of nitrogens with one attached hydrogen (secondary N) is 1. The monoisotopic (exact) mass is 227 g/mol. The Kier molecular flexibility index (Phi) is 2.39. The number of hydrogen-bond acceptors (Lipinski definition) is 3. The van der Waals surface area contributed by atoms with Gasteiger partial charge >= 0.3 is 0 Å². The molecule has 1 aliphatic carbocycles. The van der Waals surface area contributed by atoms with E-state index < -0.39 is 0 Å². The summed E-state index contributed by atoms with van der Waals surface area (Å²) in [6, 6.07) is 6.63. The van der Waals surface area contributed by atoms with E-state index in [0.717, 1.165) is 28.1 Å². The van der Waals surface area contributed by atoms with Crippen molar-refractivity contribution >= 4 is 22.1 Å². The summed E-state index contributed by atoms with van der Waals surface area (Å²) in [7, 11) is 0. The molecule has 0 aliphatic heterocycles. The van der Waals surface area contributed by atoms with E-state index in [1.54, 1.807) is 6.20 Å². The van der Waals surface area contributed by atoms with Gasteiger partial charge in [-0.15, -0.1) is 0 Å². The normalized spacial score (nSPS) is 22.6. The van der Waals surface area contributed by atoms with Crippen molar-refractivity contribution in [3.63, 3.8) is 0 Å². The molecule has 88 valence electrons. The van der Waals surface area contributed by atoms with Gasteiger partial charge in [0.2, 0.25) is 0 Å². The molecule has 2 atom stereocenters. The first kappa shape index (κ1) is 10.4. The molecule has 0 radical (unpaired) electrons. The summed E-state index contributed by atoms with van der Waals surface area (Å²) in [5.74, 6) is 0.833. The molecule has 0 bridgehead atoms. The number of nitrogens with zero attached hydrogens (tertiary/aromatic N) is 1. The average molecular weight is 227 g/mol. The highest BCUT2D eigenvalue weighted by Gasteiger charge is 2.35. The van der Waals surface area contributed by atoms with Gasteiger partial charge in [0, 0.05) is 40.6 Å². The van der Waals surface area contributed by atoms with Crippen LogP contribution in [0.25, 0.3) is 10.8 Å². The molecule has 0 amide bonds. The SMILES string of the molecule is CCC1CC1Nc1ccc(N)c2ccncc12. The van der Waals surface area contributed by atoms with Crippen molar-refractivity contribution < 1.29 is 0 Å². The van der Waals surface area contributed by atoms with Crippen molar-refractivity contribution in [3.05, 3.63) is 30.6 Å². The van der Waals surface area contributed by atoms with Crippen molar-refractivity contribution in [2.24, 2.45) is 5.92 Å². The smallest absolute Gasteiger partial charge is 0.0439 e. The molecule has 3 N–H and O–H groups in total. The maximum absolute atomic E-state index is 5.97. The fourth-order valence-corrected chi connectivity index (χ4v) is 2.41. The van der Waals surface area contributed by atoms with Crippen molar-refractivity contribution in [2.45, 2.75) is 25.8 Å². The van der Waals surface area contributed by atoms with E-state index in [4.69, 9.17) is 5.73 Å². The summed E-state index contributed by atoms with van der Waals surface area (Å²) in [6.45, 7) is 2.25. The van der Waals surface area contributed by atoms with Crippen LogP contribution < -0.4 is 11.1 Å². The van der Waals surface area contributed by atoms with Crippen LogP contribution >= 0.6 is 0 Å². The van der Waals surface area contributed by atoms with E-state index in [1.165, 1.54) is 12.8 Å². The maximum Gasteiger partial charge on any atom is 0.0439 e. The minimum atomic E-state index is 0.632. The average Bonchev–Trinajstić information content (AvgIpc) is 3.12. The quantitative estimate of drug-likeness (QED) is 0.792. The number of rotatable bonds is 3. The molecule has 1 fully saturated rings. The summed E-state index contributed by atoms with van der Waals surface area (Å²) in [4.78, 5) is 4.19. The zero-order valence-corrected chi connectivity index (χ0v) is 9.98. The number of nitrogen functional groups attached to an aromatic ring is 1. The second kappa shape index (κ2) is 3.91. The highest BCUT2D eigenvalue weighted by Crippen LogP contribution is 2.38. The minimum absolute atomic E-state index is 0.632. The third-order valence-corrected chi connectivity index (χ3v) is 3.64. The predicted molar refractivity (Wildman–Crippen MR) is 72.0 cm³/mol. The zero-order chi connectivity index (χ0) is 11.8. The number of anilines is 2. The lowest BCUT2D eigenvalue weighted by molar-refractivity contribution is 0.775. The van der Waals surface area contributed by atoms with E-state index in [9.17, 15) is 0 Å². The van der Waals surface area contributed by atoms with Crippen molar-refractivity contribution in [2.75, 3.05) is 11.1 Å². The molecule has 2 unspecified atom stereocenters. The molecule has 3 rings (SSSR count). The second-order valence-electron chi connectivity index (χ2n) is 4.78. The third kappa shape index (κ3) is 1.82. The summed E-state index contributed by atoms with van der Waals surface area (Å²) in [6.07, 6.45) is 6.21. The molecule has 2 aromatic rings. The molecule has 0 saturated heterocycles. The first-order chi connectivity index (χ1) is 8.29. The molecule has 1 aromatic heterocycles. The molecular formula is C14H17N3. The van der Waals surface area contributed by atoms with Gasteiger partial charge < -0.3 is 11.1 Å². The Labute approximate surface area is 101 Å². The van der Waals surface area contributed by atoms with Crippen LogP contribution in [0.3, 0.4) is 0 Å². The van der Waals surface area contributed by atoms with Crippen LogP contribution in [-0.2, 0) is 0 Å². The number of hydrogen-bond donors (Lipinski definition) is 2. The van der Waals surface area contributed by atoms with Crippen molar-refractivity contribution in [3.8, 4) is 0 Å². The van der Waals surface area contributed by atoms with E-state index in [1.807, 2.05) is 18.3 Å². The Morgan fingerprint density at radius 3 is 3.00 bits per heavy atom.